The van der Waals surface area contributed by atoms with Gasteiger partial charge in [-0.25, -0.2) is 9.38 Å². The lowest BCUT2D eigenvalue weighted by molar-refractivity contribution is 0.170. The van der Waals surface area contributed by atoms with Crippen LogP contribution in [0.1, 0.15) is 42.9 Å². The van der Waals surface area contributed by atoms with E-state index in [0.717, 1.165) is 43.8 Å². The van der Waals surface area contributed by atoms with Crippen molar-refractivity contribution in [2.24, 2.45) is 12.0 Å². The summed E-state index contributed by atoms with van der Waals surface area (Å²) in [5.74, 6) is 2.45. The molecule has 2 aliphatic rings. The maximum Gasteiger partial charge on any atom is 0.194 e. The fourth-order valence-corrected chi connectivity index (χ4v) is 4.47. The third-order valence-electron chi connectivity index (χ3n) is 6.36. The molecule has 1 aromatic carbocycles. The van der Waals surface area contributed by atoms with Crippen molar-refractivity contribution < 1.29 is 4.39 Å². The minimum absolute atomic E-state index is 0. The highest BCUT2D eigenvalue weighted by molar-refractivity contribution is 14.0. The summed E-state index contributed by atoms with van der Waals surface area (Å²) in [6, 6.07) is 5.35. The molecule has 1 aliphatic carbocycles. The molecule has 32 heavy (non-hydrogen) atoms. The molecule has 0 amide bonds. The number of guanidine groups is 1. The Hall–Kier alpha value is -1.46. The molecular formula is C22H32ClFIN7. The average Bonchev–Trinajstić information content (AvgIpc) is 3.39. The first-order valence-corrected chi connectivity index (χ1v) is 11.4. The van der Waals surface area contributed by atoms with Gasteiger partial charge in [0.05, 0.1) is 0 Å². The summed E-state index contributed by atoms with van der Waals surface area (Å²) >= 11 is 6.22. The van der Waals surface area contributed by atoms with E-state index in [1.165, 1.54) is 31.7 Å². The van der Waals surface area contributed by atoms with Crippen LogP contribution >= 0.6 is 35.6 Å². The molecule has 176 valence electrons. The van der Waals surface area contributed by atoms with Crippen molar-refractivity contribution >= 4 is 41.5 Å². The minimum Gasteiger partial charge on any atom is -0.353 e. The van der Waals surface area contributed by atoms with Gasteiger partial charge >= 0.3 is 0 Å². The van der Waals surface area contributed by atoms with E-state index in [1.54, 1.807) is 12.1 Å². The number of benzene rings is 1. The van der Waals surface area contributed by atoms with E-state index in [1.807, 2.05) is 18.5 Å². The van der Waals surface area contributed by atoms with Gasteiger partial charge in [0.15, 0.2) is 11.8 Å². The molecule has 2 aromatic rings. The molecule has 0 radical (unpaired) electrons. The van der Waals surface area contributed by atoms with Gasteiger partial charge in [0.25, 0.3) is 0 Å². The van der Waals surface area contributed by atoms with Crippen LogP contribution in [0.3, 0.4) is 0 Å². The number of piperazine rings is 1. The maximum absolute atomic E-state index is 14.2. The average molecular weight is 576 g/mol. The predicted octanol–water partition coefficient (Wildman–Crippen LogP) is 3.74. The first-order valence-electron chi connectivity index (χ1n) is 11.1. The summed E-state index contributed by atoms with van der Waals surface area (Å²) in [7, 11) is 1.97. The van der Waals surface area contributed by atoms with E-state index >= 15 is 0 Å². The smallest absolute Gasteiger partial charge is 0.194 e. The summed E-state index contributed by atoms with van der Waals surface area (Å²) in [5, 5.41) is 12.6. The molecule has 0 atom stereocenters. The lowest BCUT2D eigenvalue weighted by Gasteiger charge is -2.37. The molecule has 1 N–H and O–H groups in total. The van der Waals surface area contributed by atoms with Gasteiger partial charge in [-0.05, 0) is 31.9 Å². The van der Waals surface area contributed by atoms with Crippen LogP contribution in [-0.2, 0) is 20.1 Å². The highest BCUT2D eigenvalue weighted by atomic mass is 127. The Bertz CT molecular complexity index is 901. The topological polar surface area (TPSA) is 61.6 Å². The Morgan fingerprint density at radius 3 is 2.53 bits per heavy atom. The molecule has 4 rings (SSSR count). The van der Waals surface area contributed by atoms with Gasteiger partial charge < -0.3 is 14.8 Å². The minimum atomic E-state index is -0.237. The van der Waals surface area contributed by atoms with E-state index in [-0.39, 0.29) is 29.8 Å². The van der Waals surface area contributed by atoms with E-state index in [4.69, 9.17) is 16.6 Å². The van der Waals surface area contributed by atoms with Gasteiger partial charge in [-0.2, -0.15) is 0 Å². The van der Waals surface area contributed by atoms with Crippen LogP contribution in [0.2, 0.25) is 5.02 Å². The van der Waals surface area contributed by atoms with Crippen molar-refractivity contribution in [2.75, 3.05) is 26.2 Å². The molecular weight excluding hydrogens is 544 g/mol. The zero-order valence-electron chi connectivity index (χ0n) is 18.7. The van der Waals surface area contributed by atoms with Crippen molar-refractivity contribution in [2.45, 2.75) is 51.7 Å². The Morgan fingerprint density at radius 1 is 1.19 bits per heavy atom. The van der Waals surface area contributed by atoms with Crippen LogP contribution in [0.5, 0.6) is 0 Å². The molecule has 7 nitrogen and oxygen atoms in total. The fraction of sp³-hybridized carbons (Fsp3) is 0.591. The van der Waals surface area contributed by atoms with Crippen molar-refractivity contribution in [3.05, 3.63) is 46.3 Å². The lowest BCUT2D eigenvalue weighted by Crippen LogP contribution is -2.53. The summed E-state index contributed by atoms with van der Waals surface area (Å²) in [6.45, 7) is 6.31. The Morgan fingerprint density at radius 2 is 1.91 bits per heavy atom. The fourth-order valence-electron chi connectivity index (χ4n) is 4.25. The van der Waals surface area contributed by atoms with Crippen molar-refractivity contribution in [1.82, 2.24) is 29.9 Å². The van der Waals surface area contributed by atoms with Crippen molar-refractivity contribution in [3.8, 4) is 0 Å². The molecule has 0 bridgehead atoms. The number of rotatable bonds is 5. The Kier molecular flexibility index (Phi) is 9.13. The third kappa shape index (κ3) is 6.11. The van der Waals surface area contributed by atoms with Gasteiger partial charge in [-0.3, -0.25) is 4.90 Å². The number of aliphatic imine (C=N–C) groups is 1. The molecule has 10 heteroatoms. The standard InChI is InChI=1S/C22H31ClFN7.HI/c1-16-27-28-21(29(16)2)14-25-22(26-17-6-3-4-7-17)31-12-10-30(11-13-31)15-18-19(23)8-5-9-20(18)24;/h5,8-9,17H,3-4,6-7,10-15H2,1-2H3,(H,25,26);1H. The van der Waals surface area contributed by atoms with Crippen molar-refractivity contribution in [3.63, 3.8) is 0 Å². The van der Waals surface area contributed by atoms with Crippen LogP contribution in [0.15, 0.2) is 23.2 Å². The molecule has 1 saturated heterocycles. The highest BCUT2D eigenvalue weighted by Crippen LogP contribution is 2.22. The largest absolute Gasteiger partial charge is 0.353 e. The summed E-state index contributed by atoms with van der Waals surface area (Å²) < 4.78 is 16.1. The molecule has 2 heterocycles. The molecule has 1 aliphatic heterocycles. The van der Waals surface area contributed by atoms with Crippen LogP contribution in [0.4, 0.5) is 4.39 Å². The SMILES string of the molecule is Cc1nnc(CN=C(NC2CCCC2)N2CCN(Cc3c(F)cccc3Cl)CC2)n1C.I. The van der Waals surface area contributed by atoms with Crippen LogP contribution in [0.25, 0.3) is 0 Å². The number of nitrogens with one attached hydrogen (secondary N) is 1. The van der Waals surface area contributed by atoms with Gasteiger partial charge in [0, 0.05) is 56.4 Å². The summed E-state index contributed by atoms with van der Waals surface area (Å²) in [5.41, 5.74) is 0.577. The number of aryl methyl sites for hydroxylation is 1. The lowest BCUT2D eigenvalue weighted by atomic mass is 10.2. The second kappa shape index (κ2) is 11.6. The number of hydrogen-bond donors (Lipinski definition) is 1. The molecule has 0 unspecified atom stereocenters. The first kappa shape index (κ1) is 25.2. The third-order valence-corrected chi connectivity index (χ3v) is 6.71. The second-order valence-corrected chi connectivity index (χ2v) is 8.86. The van der Waals surface area contributed by atoms with Gasteiger partial charge in [0.2, 0.25) is 0 Å². The Balaban J connectivity index is 0.00000289. The van der Waals surface area contributed by atoms with Gasteiger partial charge in [-0.15, -0.1) is 34.2 Å². The predicted molar refractivity (Wildman–Crippen MR) is 136 cm³/mol. The normalized spacial score (nSPS) is 18.1. The van der Waals surface area contributed by atoms with Crippen LogP contribution in [-0.4, -0.2) is 62.7 Å². The maximum atomic E-state index is 14.2. The van der Waals surface area contributed by atoms with Crippen LogP contribution < -0.4 is 5.32 Å². The Labute approximate surface area is 211 Å². The monoisotopic (exact) mass is 575 g/mol. The first-order chi connectivity index (χ1) is 15.0. The number of halogens is 3. The molecule has 1 aromatic heterocycles. The highest BCUT2D eigenvalue weighted by Gasteiger charge is 2.24. The van der Waals surface area contributed by atoms with Gasteiger partial charge in [-0.1, -0.05) is 30.5 Å². The number of aromatic nitrogens is 3. The zero-order valence-corrected chi connectivity index (χ0v) is 21.8. The van der Waals surface area contributed by atoms with Crippen molar-refractivity contribution in [1.29, 1.82) is 0 Å². The number of hydrogen-bond acceptors (Lipinski definition) is 4. The molecule has 1 saturated carbocycles. The quantitative estimate of drug-likeness (QED) is 0.335. The van der Waals surface area contributed by atoms with E-state index in [9.17, 15) is 4.39 Å². The van der Waals surface area contributed by atoms with E-state index < -0.39 is 0 Å². The van der Waals surface area contributed by atoms with E-state index in [2.05, 4.69) is 25.3 Å². The number of nitrogens with zero attached hydrogens (tertiary/aromatic N) is 6. The van der Waals surface area contributed by atoms with Crippen LogP contribution in [0, 0.1) is 12.7 Å². The second-order valence-electron chi connectivity index (χ2n) is 8.45. The molecule has 2 fully saturated rings. The van der Waals surface area contributed by atoms with E-state index in [0.29, 0.717) is 29.7 Å². The summed E-state index contributed by atoms with van der Waals surface area (Å²) in [6.07, 6.45) is 4.91. The molecule has 0 spiro atoms. The van der Waals surface area contributed by atoms with Gasteiger partial charge in [0.1, 0.15) is 18.2 Å². The summed E-state index contributed by atoms with van der Waals surface area (Å²) in [4.78, 5) is 9.46. The zero-order chi connectivity index (χ0) is 21.8.